The van der Waals surface area contributed by atoms with Gasteiger partial charge in [0.1, 0.15) is 0 Å². The molecule has 1 heterocycles. The molecule has 0 bridgehead atoms. The van der Waals surface area contributed by atoms with Gasteiger partial charge in [0.05, 0.1) is 12.3 Å². The van der Waals surface area contributed by atoms with Crippen molar-refractivity contribution in [2.75, 3.05) is 11.9 Å². The van der Waals surface area contributed by atoms with Gasteiger partial charge in [-0.15, -0.1) is 0 Å². The van der Waals surface area contributed by atoms with Gasteiger partial charge in [0.15, 0.2) is 0 Å². The first kappa shape index (κ1) is 19.8. The number of carbonyl (C=O) groups is 1. The highest BCUT2D eigenvalue weighted by molar-refractivity contribution is 7.08. The Morgan fingerprint density at radius 3 is 2.80 bits per heavy atom. The maximum absolute atomic E-state index is 12.2. The molecule has 136 valence electrons. The van der Waals surface area contributed by atoms with Crippen molar-refractivity contribution in [1.29, 1.82) is 0 Å². The van der Waals surface area contributed by atoms with Crippen molar-refractivity contribution in [3.63, 3.8) is 0 Å². The van der Waals surface area contributed by atoms with E-state index in [1.54, 1.807) is 17.4 Å². The minimum absolute atomic E-state index is 0.423. The summed E-state index contributed by atoms with van der Waals surface area (Å²) in [4.78, 5) is 12.2. The zero-order chi connectivity index (χ0) is 18.1. The van der Waals surface area contributed by atoms with E-state index in [2.05, 4.69) is 19.2 Å². The number of thiophene rings is 1. The van der Waals surface area contributed by atoms with Gasteiger partial charge in [0, 0.05) is 10.6 Å². The number of amides is 1. The van der Waals surface area contributed by atoms with Crippen LogP contribution in [0.4, 0.5) is 10.5 Å². The average Bonchev–Trinajstić information content (AvgIpc) is 3.12. The maximum Gasteiger partial charge on any atom is 0.411 e. The van der Waals surface area contributed by atoms with Gasteiger partial charge in [-0.2, -0.15) is 11.3 Å². The first-order chi connectivity index (χ1) is 12.1. The Hall–Kier alpha value is -1.52. The highest BCUT2D eigenvalue weighted by Crippen LogP contribution is 2.32. The summed E-state index contributed by atoms with van der Waals surface area (Å²) in [6, 6.07) is 7.52. The molecule has 0 fully saturated rings. The van der Waals surface area contributed by atoms with Gasteiger partial charge >= 0.3 is 6.09 Å². The maximum atomic E-state index is 12.2. The van der Waals surface area contributed by atoms with E-state index in [0.717, 1.165) is 24.0 Å². The van der Waals surface area contributed by atoms with Gasteiger partial charge < -0.3 is 4.74 Å². The quantitative estimate of drug-likeness (QED) is 0.467. The fraction of sp³-hybridized carbons (Fsp3) is 0.450. The van der Waals surface area contributed by atoms with Crippen LogP contribution in [0.5, 0.6) is 0 Å². The third-order valence-corrected chi connectivity index (χ3v) is 5.21. The second-order valence-corrected chi connectivity index (χ2v) is 7.41. The molecule has 0 radical (unpaired) electrons. The Labute approximate surface area is 159 Å². The molecule has 1 unspecified atom stereocenters. The van der Waals surface area contributed by atoms with E-state index >= 15 is 0 Å². The Morgan fingerprint density at radius 1 is 1.28 bits per heavy atom. The van der Waals surface area contributed by atoms with Crippen LogP contribution in [-0.4, -0.2) is 12.7 Å². The van der Waals surface area contributed by atoms with E-state index < -0.39 is 6.09 Å². The average molecular weight is 380 g/mol. The minimum atomic E-state index is -0.423. The number of ether oxygens (including phenoxy) is 1. The third-order valence-electron chi connectivity index (χ3n) is 4.29. The van der Waals surface area contributed by atoms with Crippen molar-refractivity contribution in [2.45, 2.75) is 46.0 Å². The van der Waals surface area contributed by atoms with Gasteiger partial charge in [0.25, 0.3) is 0 Å². The van der Waals surface area contributed by atoms with Crippen LogP contribution in [0.2, 0.25) is 5.02 Å². The number of anilines is 1. The second kappa shape index (κ2) is 10.5. The number of carbonyl (C=O) groups excluding carboxylic acids is 1. The molecule has 2 aromatic rings. The fourth-order valence-electron chi connectivity index (χ4n) is 2.72. The van der Waals surface area contributed by atoms with Gasteiger partial charge in [-0.05, 0) is 46.9 Å². The van der Waals surface area contributed by atoms with Crippen molar-refractivity contribution >= 4 is 34.7 Å². The van der Waals surface area contributed by atoms with Gasteiger partial charge in [-0.1, -0.05) is 57.2 Å². The van der Waals surface area contributed by atoms with E-state index in [1.807, 2.05) is 29.0 Å². The zero-order valence-electron chi connectivity index (χ0n) is 14.9. The van der Waals surface area contributed by atoms with Crippen molar-refractivity contribution in [1.82, 2.24) is 0 Å². The van der Waals surface area contributed by atoms with Crippen LogP contribution in [0.3, 0.4) is 0 Å². The smallest absolute Gasteiger partial charge is 0.411 e. The minimum Gasteiger partial charge on any atom is -0.449 e. The first-order valence-electron chi connectivity index (χ1n) is 8.89. The molecule has 25 heavy (non-hydrogen) atoms. The van der Waals surface area contributed by atoms with Gasteiger partial charge in [0.2, 0.25) is 0 Å². The van der Waals surface area contributed by atoms with Crippen molar-refractivity contribution in [2.24, 2.45) is 5.92 Å². The Kier molecular flexibility index (Phi) is 8.29. The lowest BCUT2D eigenvalue weighted by atomic mass is 10.00. The lowest BCUT2D eigenvalue weighted by Crippen LogP contribution is -2.19. The largest absolute Gasteiger partial charge is 0.449 e. The molecule has 0 saturated heterocycles. The van der Waals surface area contributed by atoms with Crippen LogP contribution >= 0.6 is 22.9 Å². The molecule has 3 nitrogen and oxygen atoms in total. The number of unbranched alkanes of at least 4 members (excludes halogenated alkanes) is 2. The van der Waals surface area contributed by atoms with E-state index in [1.165, 1.54) is 19.3 Å². The standard InChI is InChI=1S/C20H26ClNO2S/c1-3-5-6-7-15(4-2)13-24-20(23)22-19-12-17(21)8-9-18(19)16-10-11-25-14-16/h8-12,14-15H,3-7,13H2,1-2H3,(H,22,23). The number of hydrogen-bond donors (Lipinski definition) is 1. The molecule has 2 rings (SSSR count). The SMILES string of the molecule is CCCCCC(CC)COC(=O)Nc1cc(Cl)ccc1-c1ccsc1. The molecule has 0 spiro atoms. The summed E-state index contributed by atoms with van der Waals surface area (Å²) < 4.78 is 5.45. The van der Waals surface area contributed by atoms with Gasteiger partial charge in [-0.25, -0.2) is 4.79 Å². The molecule has 1 aromatic heterocycles. The van der Waals surface area contributed by atoms with Crippen LogP contribution in [0, 0.1) is 5.92 Å². The molecule has 0 aliphatic carbocycles. The number of hydrogen-bond acceptors (Lipinski definition) is 3. The van der Waals surface area contributed by atoms with Crippen molar-refractivity contribution in [3.05, 3.63) is 40.0 Å². The number of halogens is 1. The molecule has 1 atom stereocenters. The lowest BCUT2D eigenvalue weighted by molar-refractivity contribution is 0.136. The summed E-state index contributed by atoms with van der Waals surface area (Å²) in [5, 5.41) is 7.48. The summed E-state index contributed by atoms with van der Waals surface area (Å²) in [7, 11) is 0. The Morgan fingerprint density at radius 2 is 2.12 bits per heavy atom. The van der Waals surface area contributed by atoms with Crippen molar-refractivity contribution in [3.8, 4) is 11.1 Å². The predicted octanol–water partition coefficient (Wildman–Crippen LogP) is 7.22. The number of benzene rings is 1. The van der Waals surface area contributed by atoms with Crippen LogP contribution in [0.25, 0.3) is 11.1 Å². The summed E-state index contributed by atoms with van der Waals surface area (Å²) >= 11 is 7.71. The predicted molar refractivity (Wildman–Crippen MR) is 108 cm³/mol. The molecule has 0 aliphatic heterocycles. The van der Waals surface area contributed by atoms with Crippen LogP contribution < -0.4 is 5.32 Å². The lowest BCUT2D eigenvalue weighted by Gasteiger charge is -2.16. The first-order valence-corrected chi connectivity index (χ1v) is 10.2. The van der Waals surface area contributed by atoms with E-state index in [-0.39, 0.29) is 0 Å². The molecular formula is C20H26ClNO2S. The monoisotopic (exact) mass is 379 g/mol. The van der Waals surface area contributed by atoms with Crippen LogP contribution in [-0.2, 0) is 4.74 Å². The normalized spacial score (nSPS) is 12.0. The number of nitrogens with one attached hydrogen (secondary N) is 1. The molecular weight excluding hydrogens is 354 g/mol. The molecule has 0 aliphatic rings. The summed E-state index contributed by atoms with van der Waals surface area (Å²) in [6.07, 6.45) is 5.33. The fourth-order valence-corrected chi connectivity index (χ4v) is 3.55. The highest BCUT2D eigenvalue weighted by atomic mass is 35.5. The van der Waals surface area contributed by atoms with E-state index in [4.69, 9.17) is 16.3 Å². The van der Waals surface area contributed by atoms with Gasteiger partial charge in [-0.3, -0.25) is 5.32 Å². The van der Waals surface area contributed by atoms with Crippen LogP contribution in [0.15, 0.2) is 35.0 Å². The van der Waals surface area contributed by atoms with Crippen molar-refractivity contribution < 1.29 is 9.53 Å². The van der Waals surface area contributed by atoms with E-state index in [0.29, 0.717) is 23.2 Å². The summed E-state index contributed by atoms with van der Waals surface area (Å²) in [6.45, 7) is 4.80. The molecule has 1 amide bonds. The zero-order valence-corrected chi connectivity index (χ0v) is 16.5. The molecule has 5 heteroatoms. The number of rotatable bonds is 9. The highest BCUT2D eigenvalue weighted by Gasteiger charge is 2.13. The van der Waals surface area contributed by atoms with Crippen LogP contribution in [0.1, 0.15) is 46.0 Å². The van der Waals surface area contributed by atoms with E-state index in [9.17, 15) is 4.79 Å². The second-order valence-electron chi connectivity index (χ2n) is 6.20. The topological polar surface area (TPSA) is 38.3 Å². The molecule has 1 aromatic carbocycles. The summed E-state index contributed by atoms with van der Waals surface area (Å²) in [5.74, 6) is 0.424. The third kappa shape index (κ3) is 6.37. The Bertz CT molecular complexity index is 658. The Balaban J connectivity index is 1.95. The molecule has 0 saturated carbocycles. The summed E-state index contributed by atoms with van der Waals surface area (Å²) in [5.41, 5.74) is 2.68. The molecule has 1 N–H and O–H groups in total.